The molecule has 1 aliphatic heterocycles. The Morgan fingerprint density at radius 1 is 1.17 bits per heavy atom. The summed E-state index contributed by atoms with van der Waals surface area (Å²) in [5.74, 6) is 0. The van der Waals surface area contributed by atoms with Crippen molar-refractivity contribution in [2.24, 2.45) is 0 Å². The predicted octanol–water partition coefficient (Wildman–Crippen LogP) is 3.74. The van der Waals surface area contributed by atoms with Crippen LogP contribution in [0, 0.1) is 6.92 Å². The third-order valence-electron chi connectivity index (χ3n) is 4.35. The van der Waals surface area contributed by atoms with Crippen molar-refractivity contribution in [1.82, 2.24) is 9.88 Å². The lowest BCUT2D eigenvalue weighted by Gasteiger charge is -2.34. The van der Waals surface area contributed by atoms with Gasteiger partial charge in [-0.15, -0.1) is 0 Å². The van der Waals surface area contributed by atoms with E-state index in [9.17, 15) is 0 Å². The number of hydrogen-bond acceptors (Lipinski definition) is 4. The molecule has 0 saturated carbocycles. The summed E-state index contributed by atoms with van der Waals surface area (Å²) in [6.07, 6.45) is 5.84. The van der Waals surface area contributed by atoms with E-state index in [1.165, 1.54) is 0 Å². The molecule has 0 spiro atoms. The number of benzene rings is 1. The van der Waals surface area contributed by atoms with Crippen LogP contribution in [0.25, 0.3) is 22.1 Å². The van der Waals surface area contributed by atoms with Crippen molar-refractivity contribution in [3.63, 3.8) is 0 Å². The molecule has 23 heavy (non-hydrogen) atoms. The number of fused-ring (bicyclic) bond motifs is 3. The van der Waals surface area contributed by atoms with Gasteiger partial charge in [-0.2, -0.15) is 0 Å². The molecule has 4 nitrogen and oxygen atoms in total. The first-order valence-electron chi connectivity index (χ1n) is 7.72. The fourth-order valence-electron chi connectivity index (χ4n) is 3.05. The summed E-state index contributed by atoms with van der Waals surface area (Å²) < 4.78 is 6.06. The molecule has 0 bridgehead atoms. The summed E-state index contributed by atoms with van der Waals surface area (Å²) in [5.41, 5.74) is 3.39. The molecule has 114 valence electrons. The van der Waals surface area contributed by atoms with Gasteiger partial charge in [-0.1, -0.05) is 26.0 Å². The highest BCUT2D eigenvalue weighted by Gasteiger charge is 2.26. The summed E-state index contributed by atoms with van der Waals surface area (Å²) in [6, 6.07) is 8.21. The Hall–Kier alpha value is -2.43. The van der Waals surface area contributed by atoms with Gasteiger partial charge in [0.25, 0.3) is 0 Å². The van der Waals surface area contributed by atoms with E-state index in [1.807, 2.05) is 32.2 Å². The van der Waals surface area contributed by atoms with E-state index in [2.05, 4.69) is 40.0 Å². The molecule has 0 fully saturated rings. The van der Waals surface area contributed by atoms with Crippen LogP contribution in [0.1, 0.15) is 19.4 Å². The topological polar surface area (TPSA) is 32.5 Å². The van der Waals surface area contributed by atoms with Crippen LogP contribution in [0.15, 0.2) is 47.3 Å². The van der Waals surface area contributed by atoms with Crippen LogP contribution in [0.5, 0.6) is 0 Å². The molecule has 1 aromatic carbocycles. The van der Waals surface area contributed by atoms with Gasteiger partial charge >= 0.3 is 0 Å². The highest BCUT2D eigenvalue weighted by Crippen LogP contribution is 2.38. The Bertz CT molecular complexity index is 923. The minimum Gasteiger partial charge on any atom is -0.435 e. The molecule has 3 heterocycles. The zero-order valence-corrected chi connectivity index (χ0v) is 13.6. The van der Waals surface area contributed by atoms with E-state index >= 15 is 0 Å². The molecule has 1 aliphatic rings. The Balaban J connectivity index is 1.87. The van der Waals surface area contributed by atoms with Crippen molar-refractivity contribution in [2.45, 2.75) is 26.2 Å². The monoisotopic (exact) mass is 303 g/mol. The van der Waals surface area contributed by atoms with Crippen LogP contribution >= 0.6 is 0 Å². The van der Waals surface area contributed by atoms with E-state index in [0.717, 1.165) is 27.6 Å². The zero-order chi connectivity index (χ0) is 16.2. The lowest BCUT2D eigenvalue weighted by molar-refractivity contribution is 0.293. The van der Waals surface area contributed by atoms with Gasteiger partial charge in [-0.25, -0.2) is 4.98 Å². The minimum atomic E-state index is -0.400. The van der Waals surface area contributed by atoms with Gasteiger partial charge in [-0.05, 0) is 30.1 Å². The first-order chi connectivity index (χ1) is 10.9. The summed E-state index contributed by atoms with van der Waals surface area (Å²) in [7, 11) is 6.21. The molecule has 0 amide bonds. The minimum absolute atomic E-state index is 0.400. The molecule has 0 N–H and O–H groups in total. The van der Waals surface area contributed by atoms with Crippen LogP contribution in [0.2, 0.25) is 0 Å². The van der Waals surface area contributed by atoms with Crippen LogP contribution < -0.4 is 4.90 Å². The average molecular weight is 303 g/mol. The average Bonchev–Trinajstić information content (AvgIpc) is 3.10. The third kappa shape index (κ3) is 2.19. The van der Waals surface area contributed by atoms with E-state index in [4.69, 9.17) is 12.3 Å². The molecule has 0 aliphatic carbocycles. The van der Waals surface area contributed by atoms with Gasteiger partial charge in [0, 0.05) is 29.4 Å². The molecule has 0 saturated heterocycles. The molecule has 3 aromatic rings. The van der Waals surface area contributed by atoms with E-state index < -0.39 is 5.44 Å². The standard InChI is InChI=1S/C18H18BN3O/c1-12-6-7-13-14-5-4-8-20-17(14)23-16(13)15(12)21-9-10-22(11-21)18(2,3)19/h4-10H,11H2,1-3H3. The maximum Gasteiger partial charge on any atom is 0.227 e. The van der Waals surface area contributed by atoms with Crippen LogP contribution in [0.4, 0.5) is 5.69 Å². The number of aryl methyl sites for hydroxylation is 1. The van der Waals surface area contributed by atoms with Gasteiger partial charge in [0.2, 0.25) is 5.71 Å². The summed E-state index contributed by atoms with van der Waals surface area (Å²) in [6.45, 7) is 6.80. The van der Waals surface area contributed by atoms with Gasteiger partial charge < -0.3 is 14.2 Å². The number of furan rings is 1. The van der Waals surface area contributed by atoms with Gasteiger partial charge in [0.15, 0.2) is 5.58 Å². The van der Waals surface area contributed by atoms with Gasteiger partial charge in [0.05, 0.1) is 12.4 Å². The molecule has 2 aromatic heterocycles. The molecule has 0 unspecified atom stereocenters. The van der Waals surface area contributed by atoms with Gasteiger partial charge in [0.1, 0.15) is 7.85 Å². The maximum atomic E-state index is 6.21. The number of rotatable bonds is 2. The maximum absolute atomic E-state index is 6.21. The molecular formula is C18H18BN3O. The largest absolute Gasteiger partial charge is 0.435 e. The van der Waals surface area contributed by atoms with Crippen molar-refractivity contribution in [3.8, 4) is 0 Å². The first-order valence-corrected chi connectivity index (χ1v) is 7.72. The SMILES string of the molecule is [B]C(C)(C)N1C=CN(c2c(C)ccc3c2oc2ncccc23)C1. The Morgan fingerprint density at radius 2 is 2.00 bits per heavy atom. The third-order valence-corrected chi connectivity index (χ3v) is 4.35. The fourth-order valence-corrected chi connectivity index (χ4v) is 3.05. The number of aromatic nitrogens is 1. The Kier molecular flexibility index (Phi) is 2.95. The smallest absolute Gasteiger partial charge is 0.227 e. The van der Waals surface area contributed by atoms with Crippen molar-refractivity contribution >= 4 is 35.6 Å². The predicted molar refractivity (Wildman–Crippen MR) is 94.4 cm³/mol. The Morgan fingerprint density at radius 3 is 2.74 bits per heavy atom. The number of nitrogens with zero attached hydrogens (tertiary/aromatic N) is 3. The molecular weight excluding hydrogens is 285 g/mol. The van der Waals surface area contributed by atoms with E-state index in [0.29, 0.717) is 12.4 Å². The zero-order valence-electron chi connectivity index (χ0n) is 13.6. The number of hydrogen-bond donors (Lipinski definition) is 0. The number of pyridine rings is 1. The fraction of sp³-hybridized carbons (Fsp3) is 0.278. The molecule has 2 radical (unpaired) electrons. The van der Waals surface area contributed by atoms with Crippen molar-refractivity contribution < 1.29 is 4.42 Å². The van der Waals surface area contributed by atoms with E-state index in [-0.39, 0.29) is 0 Å². The van der Waals surface area contributed by atoms with Crippen molar-refractivity contribution in [2.75, 3.05) is 11.6 Å². The number of anilines is 1. The van der Waals surface area contributed by atoms with Crippen molar-refractivity contribution in [3.05, 3.63) is 48.4 Å². The molecule has 4 rings (SSSR count). The highest BCUT2D eigenvalue weighted by molar-refractivity contribution is 6.14. The highest BCUT2D eigenvalue weighted by atomic mass is 16.3. The van der Waals surface area contributed by atoms with Gasteiger partial charge in [-0.3, -0.25) is 0 Å². The Labute approximate surface area is 136 Å². The second kappa shape index (κ2) is 4.78. The first kappa shape index (κ1) is 14.2. The normalized spacial score (nSPS) is 15.3. The lowest BCUT2D eigenvalue weighted by atomic mass is 9.80. The second-order valence-corrected chi connectivity index (χ2v) is 6.60. The van der Waals surface area contributed by atoms with Crippen LogP contribution in [0.3, 0.4) is 0 Å². The molecule has 5 heteroatoms. The van der Waals surface area contributed by atoms with Crippen molar-refractivity contribution in [1.29, 1.82) is 0 Å². The summed E-state index contributed by atoms with van der Waals surface area (Å²) >= 11 is 0. The molecule has 0 atom stereocenters. The quantitative estimate of drug-likeness (QED) is 0.675. The van der Waals surface area contributed by atoms with E-state index in [1.54, 1.807) is 6.20 Å². The second-order valence-electron chi connectivity index (χ2n) is 6.60. The van der Waals surface area contributed by atoms with Crippen LogP contribution in [-0.2, 0) is 0 Å². The summed E-state index contributed by atoms with van der Waals surface area (Å²) in [5, 5.41) is 2.13. The van der Waals surface area contributed by atoms with Crippen LogP contribution in [-0.4, -0.2) is 29.8 Å². The lowest BCUT2D eigenvalue weighted by Crippen LogP contribution is -2.42. The summed E-state index contributed by atoms with van der Waals surface area (Å²) in [4.78, 5) is 8.62.